The molecule has 2 atom stereocenters. The summed E-state index contributed by atoms with van der Waals surface area (Å²) >= 11 is 2.40. The van der Waals surface area contributed by atoms with Gasteiger partial charge in [0.2, 0.25) is 5.13 Å². The minimum atomic E-state index is -0.980. The van der Waals surface area contributed by atoms with E-state index in [1.54, 1.807) is 60.7 Å². The third-order valence-electron chi connectivity index (χ3n) is 7.01. The number of Topliss-reactive ketones (excluding diaryl/α,β-unsaturated/α-hetero) is 1. The molecule has 0 bridgehead atoms. The summed E-state index contributed by atoms with van der Waals surface area (Å²) in [6, 6.07) is 17.8. The van der Waals surface area contributed by atoms with E-state index >= 15 is 0 Å². The van der Waals surface area contributed by atoms with E-state index in [0.29, 0.717) is 45.6 Å². The molecule has 1 fully saturated rings. The highest BCUT2D eigenvalue weighted by Crippen LogP contribution is 2.45. The van der Waals surface area contributed by atoms with Crippen LogP contribution in [0.4, 0.5) is 9.52 Å². The highest BCUT2D eigenvalue weighted by Gasteiger charge is 2.48. The summed E-state index contributed by atoms with van der Waals surface area (Å²) in [4.78, 5) is 28.4. The first kappa shape index (κ1) is 27.9. The van der Waals surface area contributed by atoms with E-state index in [0.717, 1.165) is 22.6 Å². The number of nitrogens with zero attached hydrogens (tertiary/aromatic N) is 3. The molecule has 42 heavy (non-hydrogen) atoms. The lowest BCUT2D eigenvalue weighted by Crippen LogP contribution is -2.29. The molecule has 8 nitrogen and oxygen atoms in total. The Bertz CT molecular complexity index is 1720. The van der Waals surface area contributed by atoms with Crippen molar-refractivity contribution in [2.45, 2.75) is 42.5 Å². The molecular weight excluding hydrogens is 577 g/mol. The average molecular weight is 604 g/mol. The van der Waals surface area contributed by atoms with Gasteiger partial charge in [-0.3, -0.25) is 14.5 Å². The number of aliphatic hydroxyl groups excluding tert-OH is 1. The summed E-state index contributed by atoms with van der Waals surface area (Å²) in [6.45, 7) is 4.25. The van der Waals surface area contributed by atoms with Gasteiger partial charge in [-0.25, -0.2) is 4.39 Å². The zero-order valence-corrected chi connectivity index (χ0v) is 24.4. The Morgan fingerprint density at radius 3 is 2.79 bits per heavy atom. The summed E-state index contributed by atoms with van der Waals surface area (Å²) in [7, 11) is 0. The fourth-order valence-electron chi connectivity index (χ4n) is 5.12. The number of fused-ring (bicyclic) bond motifs is 1. The van der Waals surface area contributed by atoms with Gasteiger partial charge in [-0.1, -0.05) is 53.4 Å². The Kier molecular flexibility index (Phi) is 7.70. The lowest BCUT2D eigenvalue weighted by atomic mass is 9.94. The Balaban J connectivity index is 1.40. The predicted molar refractivity (Wildman–Crippen MR) is 158 cm³/mol. The van der Waals surface area contributed by atoms with Gasteiger partial charge in [0.25, 0.3) is 5.78 Å². The lowest BCUT2D eigenvalue weighted by molar-refractivity contribution is -0.132. The van der Waals surface area contributed by atoms with Crippen LogP contribution < -0.4 is 14.4 Å². The van der Waals surface area contributed by atoms with Gasteiger partial charge in [0.1, 0.15) is 29.2 Å². The zero-order valence-electron chi connectivity index (χ0n) is 22.7. The molecule has 1 aromatic heterocycles. The molecule has 0 radical (unpaired) electrons. The maximum atomic E-state index is 14.1. The molecule has 2 aliphatic rings. The van der Waals surface area contributed by atoms with Crippen molar-refractivity contribution in [1.82, 2.24) is 10.2 Å². The SMILES string of the molecule is CCOc1cccc([C@@H]2/C(=C(\O)c3ccc4c(c3)C[C@@H](C)O4)C(=O)C(=O)N2c2nnc(SCc3ccccc3F)s2)c1. The van der Waals surface area contributed by atoms with Crippen LogP contribution in [0.15, 0.2) is 76.6 Å². The van der Waals surface area contributed by atoms with Crippen molar-refractivity contribution < 1.29 is 28.6 Å². The quantitative estimate of drug-likeness (QED) is 0.0821. The number of ketones is 1. The van der Waals surface area contributed by atoms with Crippen molar-refractivity contribution in [2.24, 2.45) is 0 Å². The van der Waals surface area contributed by atoms with Crippen LogP contribution in [0.5, 0.6) is 11.5 Å². The molecule has 214 valence electrons. The van der Waals surface area contributed by atoms with Gasteiger partial charge >= 0.3 is 5.91 Å². The smallest absolute Gasteiger partial charge is 0.301 e. The fourth-order valence-corrected chi connectivity index (χ4v) is 6.98. The summed E-state index contributed by atoms with van der Waals surface area (Å²) in [5.41, 5.74) is 2.35. The van der Waals surface area contributed by atoms with Gasteiger partial charge in [-0.15, -0.1) is 10.2 Å². The maximum absolute atomic E-state index is 14.1. The second-order valence-corrected chi connectivity index (χ2v) is 12.0. The van der Waals surface area contributed by atoms with Crippen LogP contribution in [-0.2, 0) is 21.8 Å². The normalized spacial score (nSPS) is 19.2. The number of rotatable bonds is 8. The van der Waals surface area contributed by atoms with E-state index in [1.807, 2.05) is 13.8 Å². The molecule has 0 unspecified atom stereocenters. The monoisotopic (exact) mass is 603 g/mol. The molecule has 0 saturated carbocycles. The molecule has 6 rings (SSSR count). The zero-order chi connectivity index (χ0) is 29.4. The number of amides is 1. The second-order valence-electron chi connectivity index (χ2n) is 9.86. The van der Waals surface area contributed by atoms with Gasteiger partial charge in [-0.05, 0) is 66.9 Å². The summed E-state index contributed by atoms with van der Waals surface area (Å²) in [5, 5.41) is 20.2. The summed E-state index contributed by atoms with van der Waals surface area (Å²) in [6.07, 6.45) is 0.676. The molecule has 0 spiro atoms. The van der Waals surface area contributed by atoms with Crippen LogP contribution in [0.25, 0.3) is 5.76 Å². The number of aliphatic hydroxyl groups is 1. The number of halogens is 1. The number of ether oxygens (including phenoxy) is 2. The molecule has 1 N–H and O–H groups in total. The number of aromatic nitrogens is 2. The highest BCUT2D eigenvalue weighted by atomic mass is 32.2. The number of carbonyl (C=O) groups is 2. The third kappa shape index (κ3) is 5.25. The Hall–Kier alpha value is -4.22. The van der Waals surface area contributed by atoms with Gasteiger partial charge < -0.3 is 14.6 Å². The fraction of sp³-hybridized carbons (Fsp3) is 0.226. The van der Waals surface area contributed by atoms with Crippen LogP contribution in [0, 0.1) is 5.82 Å². The topological polar surface area (TPSA) is 102 Å². The minimum Gasteiger partial charge on any atom is -0.507 e. The first-order valence-corrected chi connectivity index (χ1v) is 15.2. The number of thioether (sulfide) groups is 1. The highest BCUT2D eigenvalue weighted by molar-refractivity contribution is 8.00. The van der Waals surface area contributed by atoms with Crippen LogP contribution in [-0.4, -0.2) is 39.7 Å². The Labute approximate surface area is 249 Å². The number of carbonyl (C=O) groups excluding carboxylic acids is 2. The van der Waals surface area contributed by atoms with E-state index < -0.39 is 17.7 Å². The first-order chi connectivity index (χ1) is 20.3. The summed E-state index contributed by atoms with van der Waals surface area (Å²) < 4.78 is 26.1. The molecule has 2 aliphatic heterocycles. The molecule has 3 heterocycles. The maximum Gasteiger partial charge on any atom is 0.301 e. The molecule has 4 aromatic rings. The number of hydrogen-bond acceptors (Lipinski definition) is 9. The van der Waals surface area contributed by atoms with Crippen molar-refractivity contribution in [3.05, 3.63) is 100 Å². The van der Waals surface area contributed by atoms with E-state index in [1.165, 1.54) is 22.7 Å². The number of hydrogen-bond donors (Lipinski definition) is 1. The van der Waals surface area contributed by atoms with Crippen LogP contribution in [0.1, 0.15) is 42.1 Å². The summed E-state index contributed by atoms with van der Waals surface area (Å²) in [5.74, 6) is -0.660. The first-order valence-electron chi connectivity index (χ1n) is 13.4. The minimum absolute atomic E-state index is 0.00661. The van der Waals surface area contributed by atoms with E-state index in [2.05, 4.69) is 10.2 Å². The van der Waals surface area contributed by atoms with E-state index in [9.17, 15) is 19.1 Å². The van der Waals surface area contributed by atoms with Gasteiger partial charge in [-0.2, -0.15) is 0 Å². The van der Waals surface area contributed by atoms with Crippen molar-refractivity contribution in [1.29, 1.82) is 0 Å². The van der Waals surface area contributed by atoms with Crippen molar-refractivity contribution in [3.8, 4) is 11.5 Å². The van der Waals surface area contributed by atoms with Crippen molar-refractivity contribution in [3.63, 3.8) is 0 Å². The van der Waals surface area contributed by atoms with Crippen molar-refractivity contribution >= 4 is 45.7 Å². The van der Waals surface area contributed by atoms with Crippen molar-refractivity contribution in [2.75, 3.05) is 11.5 Å². The van der Waals surface area contributed by atoms with E-state index in [-0.39, 0.29) is 28.4 Å². The molecular formula is C31H26FN3O5S2. The number of benzene rings is 3. The molecule has 1 saturated heterocycles. The van der Waals surface area contributed by atoms with Gasteiger partial charge in [0.05, 0.1) is 18.2 Å². The Morgan fingerprint density at radius 1 is 1.14 bits per heavy atom. The number of anilines is 1. The second kappa shape index (κ2) is 11.6. The van der Waals surface area contributed by atoms with Crippen LogP contribution in [0.2, 0.25) is 0 Å². The molecule has 3 aromatic carbocycles. The third-order valence-corrected chi connectivity index (χ3v) is 9.11. The average Bonchev–Trinajstić information content (AvgIpc) is 3.67. The lowest BCUT2D eigenvalue weighted by Gasteiger charge is -2.23. The van der Waals surface area contributed by atoms with Gasteiger partial charge in [0.15, 0.2) is 4.34 Å². The molecule has 11 heteroatoms. The largest absolute Gasteiger partial charge is 0.507 e. The molecule has 0 aliphatic carbocycles. The Morgan fingerprint density at radius 2 is 1.98 bits per heavy atom. The van der Waals surface area contributed by atoms with Gasteiger partial charge in [0, 0.05) is 17.7 Å². The van der Waals surface area contributed by atoms with Crippen LogP contribution >= 0.6 is 23.1 Å². The van der Waals surface area contributed by atoms with Crippen LogP contribution in [0.3, 0.4) is 0 Å². The standard InChI is InChI=1S/C31H26FN3O5S2/c1-3-39-22-9-6-8-18(15-22)26-25(27(36)19-11-12-24-21(14-19)13-17(2)40-24)28(37)29(38)35(26)30-33-34-31(42-30)41-16-20-7-4-5-10-23(20)32/h4-12,14-15,17,26,36H,3,13,16H2,1-2H3/b27-25+/t17-,26-/m1/s1. The van der Waals surface area contributed by atoms with E-state index in [4.69, 9.17) is 9.47 Å². The predicted octanol–water partition coefficient (Wildman–Crippen LogP) is 6.32. The molecule has 1 amide bonds.